The number of benzene rings is 1. The highest BCUT2D eigenvalue weighted by Gasteiger charge is 2.30. The van der Waals surface area contributed by atoms with Crippen molar-refractivity contribution in [3.8, 4) is 0 Å². The van der Waals surface area contributed by atoms with Gasteiger partial charge in [0.05, 0.1) is 5.25 Å². The van der Waals surface area contributed by atoms with Crippen molar-refractivity contribution in [2.75, 3.05) is 6.54 Å². The van der Waals surface area contributed by atoms with Crippen LogP contribution in [0.3, 0.4) is 0 Å². The van der Waals surface area contributed by atoms with E-state index in [2.05, 4.69) is 39.4 Å². The fraction of sp³-hybridized carbons (Fsp3) is 0.500. The smallest absolute Gasteiger partial charge is 0.236 e. The fourth-order valence-electron chi connectivity index (χ4n) is 3.21. The third kappa shape index (κ3) is 3.98. The molecule has 2 aromatic rings. The first kappa shape index (κ1) is 17.0. The molecule has 1 aliphatic rings. The van der Waals surface area contributed by atoms with Crippen LogP contribution in [-0.4, -0.2) is 43.4 Å². The zero-order chi connectivity index (χ0) is 16.9. The molecule has 0 radical (unpaired) electrons. The van der Waals surface area contributed by atoms with Crippen LogP contribution < -0.4 is 0 Å². The second-order valence-electron chi connectivity index (χ2n) is 6.36. The normalized spacial score (nSPS) is 19.2. The zero-order valence-corrected chi connectivity index (χ0v) is 15.1. The Hall–Kier alpha value is -1.82. The molecule has 1 amide bonds. The number of hydrogen-bond acceptors (Lipinski definition) is 4. The van der Waals surface area contributed by atoms with Gasteiger partial charge >= 0.3 is 0 Å². The quantitative estimate of drug-likeness (QED) is 0.783. The molecule has 0 unspecified atom stereocenters. The largest absolute Gasteiger partial charge is 0.338 e. The summed E-state index contributed by atoms with van der Waals surface area (Å²) >= 11 is 1.49. The molecule has 0 N–H and O–H groups in total. The number of likely N-dealkylation sites (tertiary alicyclic amines) is 1. The van der Waals surface area contributed by atoms with Crippen LogP contribution >= 0.6 is 11.8 Å². The Morgan fingerprint density at radius 2 is 2.12 bits per heavy atom. The van der Waals surface area contributed by atoms with E-state index < -0.39 is 0 Å². The molecular formula is C18H24N4OS. The molecule has 0 spiro atoms. The van der Waals surface area contributed by atoms with Gasteiger partial charge in [0.25, 0.3) is 0 Å². The number of amides is 1. The van der Waals surface area contributed by atoms with Crippen LogP contribution in [0.5, 0.6) is 0 Å². The molecule has 1 fully saturated rings. The number of aryl methyl sites for hydroxylation is 1. The van der Waals surface area contributed by atoms with Crippen molar-refractivity contribution in [3.05, 3.63) is 42.2 Å². The molecule has 2 atom stereocenters. The number of piperidine rings is 1. The minimum atomic E-state index is -0.149. The van der Waals surface area contributed by atoms with Gasteiger partial charge in [-0.15, -0.1) is 10.2 Å². The van der Waals surface area contributed by atoms with Gasteiger partial charge in [-0.2, -0.15) is 0 Å². The third-order valence-electron chi connectivity index (χ3n) is 4.52. The van der Waals surface area contributed by atoms with Gasteiger partial charge in [0.15, 0.2) is 5.16 Å². The van der Waals surface area contributed by atoms with Crippen LogP contribution in [0.2, 0.25) is 0 Å². The van der Waals surface area contributed by atoms with Gasteiger partial charge in [-0.05, 0) is 38.2 Å². The molecule has 5 nitrogen and oxygen atoms in total. The van der Waals surface area contributed by atoms with Gasteiger partial charge < -0.3 is 9.47 Å². The molecule has 2 heterocycles. The third-order valence-corrected chi connectivity index (χ3v) is 5.66. The summed E-state index contributed by atoms with van der Waals surface area (Å²) in [6.45, 7) is 2.83. The lowest BCUT2D eigenvalue weighted by Gasteiger charge is -2.37. The number of thioether (sulfide) groups is 1. The maximum absolute atomic E-state index is 13.0. The van der Waals surface area contributed by atoms with Crippen molar-refractivity contribution >= 4 is 17.7 Å². The highest BCUT2D eigenvalue weighted by Crippen LogP contribution is 2.26. The summed E-state index contributed by atoms with van der Waals surface area (Å²) in [4.78, 5) is 15.1. The van der Waals surface area contributed by atoms with Crippen molar-refractivity contribution < 1.29 is 4.79 Å². The van der Waals surface area contributed by atoms with Crippen LogP contribution in [0, 0.1) is 0 Å². The number of nitrogens with zero attached hydrogens (tertiary/aromatic N) is 4. The van der Waals surface area contributed by atoms with E-state index in [9.17, 15) is 4.79 Å². The first-order valence-electron chi connectivity index (χ1n) is 8.50. The van der Waals surface area contributed by atoms with Gasteiger partial charge in [0, 0.05) is 19.6 Å². The maximum Gasteiger partial charge on any atom is 0.236 e. The van der Waals surface area contributed by atoms with Crippen LogP contribution in [0.1, 0.15) is 31.7 Å². The second kappa shape index (κ2) is 7.83. The molecule has 0 bridgehead atoms. The average molecular weight is 344 g/mol. The lowest BCUT2D eigenvalue weighted by atomic mass is 9.95. The summed E-state index contributed by atoms with van der Waals surface area (Å²) < 4.78 is 1.85. The van der Waals surface area contributed by atoms with Crippen LogP contribution in [0.4, 0.5) is 0 Å². The van der Waals surface area contributed by atoms with Crippen LogP contribution in [0.15, 0.2) is 41.8 Å². The van der Waals surface area contributed by atoms with E-state index in [1.54, 1.807) is 6.33 Å². The Bertz CT molecular complexity index is 673. The summed E-state index contributed by atoms with van der Waals surface area (Å²) in [6.07, 6.45) is 5.99. The van der Waals surface area contributed by atoms with E-state index >= 15 is 0 Å². The highest BCUT2D eigenvalue weighted by atomic mass is 32.2. The zero-order valence-electron chi connectivity index (χ0n) is 14.3. The number of carbonyl (C=O) groups is 1. The standard InChI is InChI=1S/C18H24N4OS/c1-14(24-18-20-19-13-21(18)2)17(23)22-11-7-6-10-16(22)12-15-8-4-3-5-9-15/h3-5,8-9,13-14,16H,6-7,10-12H2,1-2H3/t14-,16+/m0/s1. The summed E-state index contributed by atoms with van der Waals surface area (Å²) in [5, 5.41) is 8.60. The van der Waals surface area contributed by atoms with Crippen molar-refractivity contribution in [2.45, 2.75) is 49.1 Å². The van der Waals surface area contributed by atoms with E-state index in [0.29, 0.717) is 6.04 Å². The maximum atomic E-state index is 13.0. The second-order valence-corrected chi connectivity index (χ2v) is 7.66. The Morgan fingerprint density at radius 1 is 1.33 bits per heavy atom. The van der Waals surface area contributed by atoms with Gasteiger partial charge in [-0.1, -0.05) is 42.1 Å². The minimum Gasteiger partial charge on any atom is -0.338 e. The monoisotopic (exact) mass is 344 g/mol. The van der Waals surface area contributed by atoms with E-state index in [4.69, 9.17) is 0 Å². The molecule has 1 saturated heterocycles. The minimum absolute atomic E-state index is 0.149. The topological polar surface area (TPSA) is 51.0 Å². The molecule has 1 aromatic heterocycles. The van der Waals surface area contributed by atoms with Gasteiger partial charge in [-0.25, -0.2) is 0 Å². The van der Waals surface area contributed by atoms with E-state index in [1.807, 2.05) is 24.6 Å². The van der Waals surface area contributed by atoms with Crippen LogP contribution in [0.25, 0.3) is 0 Å². The van der Waals surface area contributed by atoms with Gasteiger partial charge in [0.2, 0.25) is 5.91 Å². The predicted octanol–water partition coefficient (Wildman–Crippen LogP) is 2.92. The van der Waals surface area contributed by atoms with E-state index in [0.717, 1.165) is 31.0 Å². The van der Waals surface area contributed by atoms with E-state index in [-0.39, 0.29) is 11.2 Å². The SMILES string of the molecule is C[C@H](Sc1nncn1C)C(=O)N1CCCC[C@@H]1Cc1ccccc1. The van der Waals surface area contributed by atoms with Crippen LogP contribution in [-0.2, 0) is 18.3 Å². The molecule has 6 heteroatoms. The Balaban J connectivity index is 1.67. The molecule has 24 heavy (non-hydrogen) atoms. The first-order chi connectivity index (χ1) is 11.6. The van der Waals surface area contributed by atoms with Gasteiger partial charge in [0.1, 0.15) is 6.33 Å². The molecule has 1 aliphatic heterocycles. The Kier molecular flexibility index (Phi) is 5.56. The fourth-order valence-corrected chi connectivity index (χ4v) is 4.07. The van der Waals surface area contributed by atoms with Gasteiger partial charge in [-0.3, -0.25) is 4.79 Å². The molecule has 128 valence electrons. The number of aromatic nitrogens is 3. The van der Waals surface area contributed by atoms with Crippen molar-refractivity contribution in [1.29, 1.82) is 0 Å². The molecular weight excluding hydrogens is 320 g/mol. The summed E-state index contributed by atoms with van der Waals surface area (Å²) in [7, 11) is 1.90. The van der Waals surface area contributed by atoms with Crippen molar-refractivity contribution in [1.82, 2.24) is 19.7 Å². The summed E-state index contributed by atoms with van der Waals surface area (Å²) in [5.74, 6) is 0.212. The lowest BCUT2D eigenvalue weighted by Crippen LogP contribution is -2.47. The summed E-state index contributed by atoms with van der Waals surface area (Å²) in [5.41, 5.74) is 1.30. The molecule has 0 saturated carbocycles. The highest BCUT2D eigenvalue weighted by molar-refractivity contribution is 8.00. The lowest BCUT2D eigenvalue weighted by molar-refractivity contribution is -0.133. The average Bonchev–Trinajstić information content (AvgIpc) is 3.00. The molecule has 0 aliphatic carbocycles. The molecule has 3 rings (SSSR count). The Labute approximate surface area is 147 Å². The number of rotatable bonds is 5. The van der Waals surface area contributed by atoms with E-state index in [1.165, 1.54) is 23.7 Å². The predicted molar refractivity (Wildman–Crippen MR) is 95.8 cm³/mol. The van der Waals surface area contributed by atoms with Crippen molar-refractivity contribution in [3.63, 3.8) is 0 Å². The summed E-state index contributed by atoms with van der Waals surface area (Å²) in [6, 6.07) is 10.8. The number of carbonyl (C=O) groups excluding carboxylic acids is 1. The van der Waals surface area contributed by atoms with Crippen molar-refractivity contribution in [2.24, 2.45) is 7.05 Å². The molecule has 1 aromatic carbocycles. The first-order valence-corrected chi connectivity index (χ1v) is 9.38. The Morgan fingerprint density at radius 3 is 2.83 bits per heavy atom. The number of hydrogen-bond donors (Lipinski definition) is 0.